The van der Waals surface area contributed by atoms with E-state index in [4.69, 9.17) is 14.0 Å². The smallest absolute Gasteiger partial charge is 0.193 e. The van der Waals surface area contributed by atoms with Crippen LogP contribution in [0.2, 0.25) is 0 Å². The summed E-state index contributed by atoms with van der Waals surface area (Å²) in [4.78, 5) is 9.07. The molecular formula is C20H29N5O3. The van der Waals surface area contributed by atoms with Crippen LogP contribution in [0.15, 0.2) is 46.1 Å². The molecular weight excluding hydrogens is 358 g/mol. The van der Waals surface area contributed by atoms with Crippen LogP contribution in [0, 0.1) is 0 Å². The predicted octanol–water partition coefficient (Wildman–Crippen LogP) is 1.84. The van der Waals surface area contributed by atoms with Crippen LogP contribution in [0.3, 0.4) is 0 Å². The third-order valence-corrected chi connectivity index (χ3v) is 4.71. The fourth-order valence-electron chi connectivity index (χ4n) is 3.21. The first-order valence-corrected chi connectivity index (χ1v) is 9.56. The van der Waals surface area contributed by atoms with Crippen molar-refractivity contribution in [3.63, 3.8) is 0 Å². The second-order valence-electron chi connectivity index (χ2n) is 6.76. The number of aliphatic imine (C=N–C) groups is 1. The van der Waals surface area contributed by atoms with E-state index in [1.807, 2.05) is 44.3 Å². The zero-order valence-corrected chi connectivity index (χ0v) is 16.8. The first-order chi connectivity index (χ1) is 13.7. The lowest BCUT2D eigenvalue weighted by atomic mass is 10.3. The maximum absolute atomic E-state index is 6.01. The van der Waals surface area contributed by atoms with Crippen LogP contribution < -0.4 is 14.8 Å². The van der Waals surface area contributed by atoms with Gasteiger partial charge in [-0.15, -0.1) is 0 Å². The van der Waals surface area contributed by atoms with Gasteiger partial charge in [-0.2, -0.15) is 0 Å². The van der Waals surface area contributed by atoms with Crippen molar-refractivity contribution >= 4 is 5.96 Å². The van der Waals surface area contributed by atoms with Crippen molar-refractivity contribution in [3.05, 3.63) is 42.3 Å². The van der Waals surface area contributed by atoms with Crippen molar-refractivity contribution in [3.8, 4) is 11.5 Å². The van der Waals surface area contributed by atoms with Gasteiger partial charge in [0.2, 0.25) is 0 Å². The van der Waals surface area contributed by atoms with Crippen LogP contribution in [-0.2, 0) is 6.54 Å². The standard InChI is InChI=1S/C20H29N5O3/c1-16(28-19-7-5-4-6-18(19)26-3)14-22-20(21-2)25-11-9-24(10-12-25)15-17-8-13-27-23-17/h4-8,13,16H,9-12,14-15H2,1-3H3,(H,21,22). The van der Waals surface area contributed by atoms with Crippen LogP contribution in [0.1, 0.15) is 12.6 Å². The molecule has 28 heavy (non-hydrogen) atoms. The number of nitrogens with zero attached hydrogens (tertiary/aromatic N) is 4. The Kier molecular flexibility index (Phi) is 7.13. The lowest BCUT2D eigenvalue weighted by Crippen LogP contribution is -2.53. The van der Waals surface area contributed by atoms with Gasteiger partial charge in [0, 0.05) is 45.8 Å². The number of ether oxygens (including phenoxy) is 2. The number of nitrogens with one attached hydrogen (secondary N) is 1. The summed E-state index contributed by atoms with van der Waals surface area (Å²) in [5, 5.41) is 7.41. The van der Waals surface area contributed by atoms with E-state index in [-0.39, 0.29) is 6.10 Å². The molecule has 1 atom stereocenters. The SMILES string of the molecule is CN=C(NCC(C)Oc1ccccc1OC)N1CCN(Cc2ccon2)CC1. The molecule has 152 valence electrons. The van der Waals surface area contributed by atoms with E-state index < -0.39 is 0 Å². The fraction of sp³-hybridized carbons (Fsp3) is 0.500. The van der Waals surface area contributed by atoms with Crippen molar-refractivity contribution in [1.29, 1.82) is 0 Å². The van der Waals surface area contributed by atoms with Gasteiger partial charge in [-0.05, 0) is 19.1 Å². The monoisotopic (exact) mass is 387 g/mol. The van der Waals surface area contributed by atoms with Crippen molar-refractivity contribution < 1.29 is 14.0 Å². The average molecular weight is 387 g/mol. The molecule has 1 N–H and O–H groups in total. The molecule has 1 aliphatic rings. The summed E-state index contributed by atoms with van der Waals surface area (Å²) in [6.45, 7) is 7.26. The number of rotatable bonds is 7. The second kappa shape index (κ2) is 9.98. The normalized spacial score (nSPS) is 16.7. The third-order valence-electron chi connectivity index (χ3n) is 4.71. The Morgan fingerprint density at radius 1 is 1.21 bits per heavy atom. The molecule has 0 aliphatic carbocycles. The van der Waals surface area contributed by atoms with Crippen molar-refractivity contribution in [2.24, 2.45) is 4.99 Å². The highest BCUT2D eigenvalue weighted by Gasteiger charge is 2.20. The highest BCUT2D eigenvalue weighted by atomic mass is 16.5. The molecule has 1 saturated heterocycles. The zero-order chi connectivity index (χ0) is 19.8. The molecule has 8 nitrogen and oxygen atoms in total. The number of aromatic nitrogens is 1. The van der Waals surface area contributed by atoms with Gasteiger partial charge in [-0.25, -0.2) is 0 Å². The van der Waals surface area contributed by atoms with Crippen LogP contribution >= 0.6 is 0 Å². The summed E-state index contributed by atoms with van der Waals surface area (Å²) < 4.78 is 16.3. The van der Waals surface area contributed by atoms with Gasteiger partial charge in [-0.1, -0.05) is 17.3 Å². The van der Waals surface area contributed by atoms with Crippen LogP contribution in [0.5, 0.6) is 11.5 Å². The predicted molar refractivity (Wildman–Crippen MR) is 108 cm³/mol. The van der Waals surface area contributed by atoms with Crippen LogP contribution in [-0.4, -0.2) is 73.9 Å². The number of guanidine groups is 1. The van der Waals surface area contributed by atoms with Gasteiger partial charge in [-0.3, -0.25) is 9.89 Å². The molecule has 0 saturated carbocycles. The van der Waals surface area contributed by atoms with E-state index in [1.165, 1.54) is 0 Å². The number of para-hydroxylation sites is 2. The Bertz CT molecular complexity index is 742. The topological polar surface area (TPSA) is 75.4 Å². The first-order valence-electron chi connectivity index (χ1n) is 9.56. The summed E-state index contributed by atoms with van der Waals surface area (Å²) in [6.07, 6.45) is 1.59. The summed E-state index contributed by atoms with van der Waals surface area (Å²) in [7, 11) is 3.46. The summed E-state index contributed by atoms with van der Waals surface area (Å²) in [5.74, 6) is 2.38. The second-order valence-corrected chi connectivity index (χ2v) is 6.76. The Balaban J connectivity index is 1.44. The molecule has 3 rings (SSSR count). The van der Waals surface area contributed by atoms with E-state index in [9.17, 15) is 0 Å². The molecule has 2 heterocycles. The Morgan fingerprint density at radius 3 is 2.61 bits per heavy atom. The Morgan fingerprint density at radius 2 is 1.96 bits per heavy atom. The van der Waals surface area contributed by atoms with Crippen molar-refractivity contribution in [2.45, 2.75) is 19.6 Å². The molecule has 1 aromatic heterocycles. The number of hydrogen-bond donors (Lipinski definition) is 1. The largest absolute Gasteiger partial charge is 0.493 e. The Hall–Kier alpha value is -2.74. The molecule has 1 aromatic carbocycles. The highest BCUT2D eigenvalue weighted by Crippen LogP contribution is 2.26. The van der Waals surface area contributed by atoms with Gasteiger partial charge in [0.1, 0.15) is 12.4 Å². The lowest BCUT2D eigenvalue weighted by molar-refractivity contribution is 0.166. The molecule has 0 bridgehead atoms. The molecule has 0 amide bonds. The summed E-state index contributed by atoms with van der Waals surface area (Å²) in [5.41, 5.74) is 0.971. The molecule has 1 fully saturated rings. The minimum absolute atomic E-state index is 0.0264. The van der Waals surface area contributed by atoms with Crippen LogP contribution in [0.4, 0.5) is 0 Å². The Labute approximate surface area is 166 Å². The molecule has 0 spiro atoms. The van der Waals surface area contributed by atoms with Crippen LogP contribution in [0.25, 0.3) is 0 Å². The summed E-state index contributed by atoms with van der Waals surface area (Å²) in [6, 6.07) is 9.59. The van der Waals surface area contributed by atoms with E-state index in [2.05, 4.69) is 25.3 Å². The van der Waals surface area contributed by atoms with Gasteiger partial charge < -0.3 is 24.2 Å². The van der Waals surface area contributed by atoms with Gasteiger partial charge in [0.05, 0.1) is 19.3 Å². The van der Waals surface area contributed by atoms with Gasteiger partial charge in [0.15, 0.2) is 17.5 Å². The molecule has 2 aromatic rings. The first kappa shape index (κ1) is 20.0. The van der Waals surface area contributed by atoms with E-state index >= 15 is 0 Å². The van der Waals surface area contributed by atoms with E-state index in [0.717, 1.165) is 55.9 Å². The van der Waals surface area contributed by atoms with Crippen molar-refractivity contribution in [2.75, 3.05) is 46.9 Å². The minimum atomic E-state index is -0.0264. The summed E-state index contributed by atoms with van der Waals surface area (Å²) >= 11 is 0. The minimum Gasteiger partial charge on any atom is -0.493 e. The molecule has 1 unspecified atom stereocenters. The molecule has 0 radical (unpaired) electrons. The maximum atomic E-state index is 6.01. The quantitative estimate of drug-likeness (QED) is 0.574. The lowest BCUT2D eigenvalue weighted by Gasteiger charge is -2.36. The number of benzene rings is 1. The maximum Gasteiger partial charge on any atom is 0.193 e. The number of hydrogen-bond acceptors (Lipinski definition) is 6. The molecule has 8 heteroatoms. The average Bonchev–Trinajstić information content (AvgIpc) is 3.23. The van der Waals surface area contributed by atoms with E-state index in [0.29, 0.717) is 6.54 Å². The van der Waals surface area contributed by atoms with Crippen molar-refractivity contribution in [1.82, 2.24) is 20.3 Å². The van der Waals surface area contributed by atoms with E-state index in [1.54, 1.807) is 13.4 Å². The van der Waals surface area contributed by atoms with Gasteiger partial charge >= 0.3 is 0 Å². The third kappa shape index (κ3) is 5.39. The molecule has 1 aliphatic heterocycles. The number of methoxy groups -OCH3 is 1. The highest BCUT2D eigenvalue weighted by molar-refractivity contribution is 5.80. The van der Waals surface area contributed by atoms with Gasteiger partial charge in [0.25, 0.3) is 0 Å². The fourth-order valence-corrected chi connectivity index (χ4v) is 3.21. The zero-order valence-electron chi connectivity index (χ0n) is 16.8. The number of piperazine rings is 1.